The molecule has 1 N–H and O–H groups in total. The highest BCUT2D eigenvalue weighted by Crippen LogP contribution is 2.10. The number of hydrogen-bond donors (Lipinski definition) is 1. The Labute approximate surface area is 97.1 Å². The first kappa shape index (κ1) is 14.2. The lowest BCUT2D eigenvalue weighted by molar-refractivity contribution is -0.108. The third-order valence-electron chi connectivity index (χ3n) is 2.15. The van der Waals surface area contributed by atoms with Gasteiger partial charge >= 0.3 is 0 Å². The van der Waals surface area contributed by atoms with E-state index in [4.69, 9.17) is 0 Å². The van der Waals surface area contributed by atoms with E-state index in [1.54, 1.807) is 6.08 Å². The van der Waals surface area contributed by atoms with Crippen molar-refractivity contribution in [3.63, 3.8) is 0 Å². The fourth-order valence-electron chi connectivity index (χ4n) is 1.09. The first-order valence-corrected chi connectivity index (χ1v) is 5.02. The van der Waals surface area contributed by atoms with Gasteiger partial charge in [0.2, 0.25) is 6.41 Å². The van der Waals surface area contributed by atoms with E-state index in [1.165, 1.54) is 12.4 Å². The highest BCUT2D eigenvalue weighted by atomic mass is 16.1. The molecule has 1 amide bonds. The second-order valence-corrected chi connectivity index (χ2v) is 3.43. The highest BCUT2D eigenvalue weighted by molar-refractivity contribution is 5.83. The zero-order valence-corrected chi connectivity index (χ0v) is 10.1. The Morgan fingerprint density at radius 1 is 1.44 bits per heavy atom. The first-order valence-electron chi connectivity index (χ1n) is 5.02. The number of carbonyl (C=O) groups is 1. The minimum absolute atomic E-state index is 0.300. The average molecular weight is 221 g/mol. The predicted octanol–water partition coefficient (Wildman–Crippen LogP) is 1.68. The van der Waals surface area contributed by atoms with Gasteiger partial charge in [-0.3, -0.25) is 9.79 Å². The highest BCUT2D eigenvalue weighted by Gasteiger charge is 2.09. The Morgan fingerprint density at radius 3 is 2.44 bits per heavy atom. The Bertz CT molecular complexity index is 316. The molecule has 0 aliphatic carbocycles. The molecule has 0 aromatic rings. The van der Waals surface area contributed by atoms with Crippen LogP contribution in [0.25, 0.3) is 0 Å². The van der Waals surface area contributed by atoms with E-state index in [9.17, 15) is 4.79 Å². The van der Waals surface area contributed by atoms with Gasteiger partial charge in [0.1, 0.15) is 0 Å². The summed E-state index contributed by atoms with van der Waals surface area (Å²) in [4.78, 5) is 16.4. The standard InChI is InChI=1S/C12H19N3O/c1-6-12(15(5)10(3)4)11(14-9-16)8-13-7-2/h6-10H,1-2H2,3-5H3,(H,14,16)/b12-11-,13-8-. The molecule has 88 valence electrons. The normalized spacial score (nSPS) is 12.2. The van der Waals surface area contributed by atoms with E-state index in [0.717, 1.165) is 5.70 Å². The number of carbonyl (C=O) groups excluding carboxylic acids is 1. The SMILES string of the molecule is C=C/N=C\C(NC=O)=C(/C=C)N(C)C(C)C. The molecule has 0 aliphatic heterocycles. The molecule has 0 atom stereocenters. The second-order valence-electron chi connectivity index (χ2n) is 3.43. The van der Waals surface area contributed by atoms with Gasteiger partial charge in [-0.05, 0) is 19.9 Å². The van der Waals surface area contributed by atoms with Gasteiger partial charge in [0.05, 0.1) is 17.6 Å². The maximum absolute atomic E-state index is 10.5. The van der Waals surface area contributed by atoms with Crippen molar-refractivity contribution < 1.29 is 4.79 Å². The molecule has 0 radical (unpaired) electrons. The van der Waals surface area contributed by atoms with E-state index in [1.807, 2.05) is 25.8 Å². The van der Waals surface area contributed by atoms with Crippen molar-refractivity contribution in [2.75, 3.05) is 7.05 Å². The molecule has 0 heterocycles. The topological polar surface area (TPSA) is 44.7 Å². The van der Waals surface area contributed by atoms with Crippen LogP contribution in [0, 0.1) is 0 Å². The molecule has 4 heteroatoms. The van der Waals surface area contributed by atoms with Gasteiger partial charge in [-0.15, -0.1) is 0 Å². The number of hydrogen-bond acceptors (Lipinski definition) is 3. The summed E-state index contributed by atoms with van der Waals surface area (Å²) < 4.78 is 0. The van der Waals surface area contributed by atoms with E-state index >= 15 is 0 Å². The van der Waals surface area contributed by atoms with Crippen molar-refractivity contribution in [3.05, 3.63) is 36.8 Å². The lowest BCUT2D eigenvalue weighted by Crippen LogP contribution is -2.29. The smallest absolute Gasteiger partial charge is 0.211 e. The van der Waals surface area contributed by atoms with Crippen LogP contribution in [-0.2, 0) is 4.79 Å². The molecule has 0 bridgehead atoms. The minimum Gasteiger partial charge on any atom is -0.370 e. The van der Waals surface area contributed by atoms with Gasteiger partial charge in [-0.2, -0.15) is 0 Å². The molecular formula is C12H19N3O. The van der Waals surface area contributed by atoms with E-state index in [2.05, 4.69) is 23.5 Å². The lowest BCUT2D eigenvalue weighted by atomic mass is 10.2. The van der Waals surface area contributed by atoms with Gasteiger partial charge in [0.15, 0.2) is 0 Å². The molecular weight excluding hydrogens is 202 g/mol. The van der Waals surface area contributed by atoms with Crippen LogP contribution >= 0.6 is 0 Å². The van der Waals surface area contributed by atoms with Crippen LogP contribution < -0.4 is 5.32 Å². The number of rotatable bonds is 7. The zero-order valence-electron chi connectivity index (χ0n) is 10.1. The molecule has 0 spiro atoms. The Hall–Kier alpha value is -1.84. The van der Waals surface area contributed by atoms with Crippen molar-refractivity contribution in [3.8, 4) is 0 Å². The van der Waals surface area contributed by atoms with Crippen LogP contribution in [0.1, 0.15) is 13.8 Å². The molecule has 0 saturated heterocycles. The molecule has 0 saturated carbocycles. The van der Waals surface area contributed by atoms with Crippen molar-refractivity contribution in [1.29, 1.82) is 0 Å². The van der Waals surface area contributed by atoms with Gasteiger partial charge in [-0.25, -0.2) is 0 Å². The van der Waals surface area contributed by atoms with Crippen LogP contribution in [0.2, 0.25) is 0 Å². The molecule has 0 rings (SSSR count). The molecule has 0 fully saturated rings. The number of aliphatic imine (C=N–C) groups is 1. The molecule has 0 aliphatic rings. The Morgan fingerprint density at radius 2 is 2.06 bits per heavy atom. The molecule has 0 unspecified atom stereocenters. The van der Waals surface area contributed by atoms with Crippen LogP contribution in [0.15, 0.2) is 41.8 Å². The molecule has 16 heavy (non-hydrogen) atoms. The minimum atomic E-state index is 0.300. The van der Waals surface area contributed by atoms with Gasteiger partial charge in [0.25, 0.3) is 0 Å². The molecule has 0 aromatic carbocycles. The molecule has 4 nitrogen and oxygen atoms in total. The monoisotopic (exact) mass is 221 g/mol. The average Bonchev–Trinajstić information content (AvgIpc) is 2.26. The summed E-state index contributed by atoms with van der Waals surface area (Å²) in [6.45, 7) is 11.3. The maximum Gasteiger partial charge on any atom is 0.211 e. The maximum atomic E-state index is 10.5. The summed E-state index contributed by atoms with van der Waals surface area (Å²) in [5.41, 5.74) is 1.41. The largest absolute Gasteiger partial charge is 0.370 e. The summed E-state index contributed by atoms with van der Waals surface area (Å²) in [6, 6.07) is 0.300. The first-order chi connectivity index (χ1) is 7.58. The Balaban J connectivity index is 5.28. The summed E-state index contributed by atoms with van der Waals surface area (Å²) in [5, 5.41) is 2.59. The fourth-order valence-corrected chi connectivity index (χ4v) is 1.09. The third kappa shape index (κ3) is 4.13. The van der Waals surface area contributed by atoms with E-state index < -0.39 is 0 Å². The number of likely N-dealkylation sites (N-methyl/N-ethyl adjacent to an activating group) is 1. The quantitative estimate of drug-likeness (QED) is 0.404. The van der Waals surface area contributed by atoms with Gasteiger partial charge < -0.3 is 10.2 Å². The summed E-state index contributed by atoms with van der Waals surface area (Å²) >= 11 is 0. The van der Waals surface area contributed by atoms with Crippen molar-refractivity contribution in [1.82, 2.24) is 10.2 Å². The van der Waals surface area contributed by atoms with Crippen LogP contribution in [0.4, 0.5) is 0 Å². The number of nitrogens with zero attached hydrogens (tertiary/aromatic N) is 2. The Kier molecular flexibility index (Phi) is 6.59. The lowest BCUT2D eigenvalue weighted by Gasteiger charge is -2.26. The van der Waals surface area contributed by atoms with Crippen molar-refractivity contribution in [2.45, 2.75) is 19.9 Å². The van der Waals surface area contributed by atoms with Crippen LogP contribution in [-0.4, -0.2) is 30.6 Å². The summed E-state index contributed by atoms with van der Waals surface area (Å²) in [5.74, 6) is 0. The van der Waals surface area contributed by atoms with Crippen LogP contribution in [0.3, 0.4) is 0 Å². The van der Waals surface area contributed by atoms with E-state index in [0.29, 0.717) is 18.1 Å². The van der Waals surface area contributed by atoms with Crippen molar-refractivity contribution in [2.24, 2.45) is 4.99 Å². The van der Waals surface area contributed by atoms with Crippen molar-refractivity contribution >= 4 is 12.6 Å². The van der Waals surface area contributed by atoms with E-state index in [-0.39, 0.29) is 0 Å². The van der Waals surface area contributed by atoms with Crippen LogP contribution in [0.5, 0.6) is 0 Å². The second kappa shape index (κ2) is 7.45. The van der Waals surface area contributed by atoms with Gasteiger partial charge in [-0.1, -0.05) is 13.2 Å². The summed E-state index contributed by atoms with van der Waals surface area (Å²) in [7, 11) is 1.93. The predicted molar refractivity (Wildman–Crippen MR) is 68.0 cm³/mol. The molecule has 0 aromatic heterocycles. The third-order valence-corrected chi connectivity index (χ3v) is 2.15. The van der Waals surface area contributed by atoms with Gasteiger partial charge in [0, 0.05) is 19.3 Å². The zero-order chi connectivity index (χ0) is 12.6. The number of allylic oxidation sites excluding steroid dienone is 2. The summed E-state index contributed by atoms with van der Waals surface area (Å²) in [6.07, 6.45) is 5.24. The fraction of sp³-hybridized carbons (Fsp3) is 0.333. The number of amides is 1. The number of nitrogens with one attached hydrogen (secondary N) is 1.